The van der Waals surface area contributed by atoms with Crippen molar-refractivity contribution in [3.63, 3.8) is 0 Å². The minimum Gasteiger partial charge on any atom is -0.280 e. The number of hydrogen-bond acceptors (Lipinski definition) is 2. The van der Waals surface area contributed by atoms with Crippen LogP contribution in [-0.4, -0.2) is 19.8 Å². The number of aryl methyl sites for hydroxylation is 2. The van der Waals surface area contributed by atoms with Crippen molar-refractivity contribution in [2.24, 2.45) is 0 Å². The molecule has 0 radical (unpaired) electrons. The van der Waals surface area contributed by atoms with E-state index >= 15 is 0 Å². The van der Waals surface area contributed by atoms with Gasteiger partial charge in [0.25, 0.3) is 0 Å². The second-order valence-corrected chi connectivity index (χ2v) is 8.40. The summed E-state index contributed by atoms with van der Waals surface area (Å²) in [5, 5.41) is 8.04. The summed E-state index contributed by atoms with van der Waals surface area (Å²) in [5.74, 6) is 0.756. The minimum absolute atomic E-state index is 0.0457. The Hall–Kier alpha value is -2.88. The SMILES string of the molecule is Cc1cccc(Cc2ccc(-c3nc4c(C)c(C(C)(C)C)[nH]n4n3)cc2)c1. The molecule has 138 valence electrons. The summed E-state index contributed by atoms with van der Waals surface area (Å²) in [6.07, 6.45) is 0.938. The van der Waals surface area contributed by atoms with E-state index in [4.69, 9.17) is 4.98 Å². The van der Waals surface area contributed by atoms with Gasteiger partial charge in [0.1, 0.15) is 0 Å². The summed E-state index contributed by atoms with van der Waals surface area (Å²) in [5.41, 5.74) is 8.25. The largest absolute Gasteiger partial charge is 0.280 e. The monoisotopic (exact) mass is 358 g/mol. The number of fused-ring (bicyclic) bond motifs is 1. The van der Waals surface area contributed by atoms with E-state index < -0.39 is 0 Å². The average Bonchev–Trinajstić information content (AvgIpc) is 3.15. The van der Waals surface area contributed by atoms with E-state index in [0.29, 0.717) is 0 Å². The molecule has 4 nitrogen and oxygen atoms in total. The number of benzene rings is 2. The van der Waals surface area contributed by atoms with Crippen molar-refractivity contribution in [1.29, 1.82) is 0 Å². The van der Waals surface area contributed by atoms with Crippen LogP contribution in [0.25, 0.3) is 17.0 Å². The third kappa shape index (κ3) is 3.39. The molecule has 0 saturated carbocycles. The molecule has 0 aliphatic rings. The number of nitrogens with zero attached hydrogens (tertiary/aromatic N) is 3. The molecule has 0 unspecified atom stereocenters. The second kappa shape index (κ2) is 6.38. The first kappa shape index (κ1) is 17.5. The molecule has 0 aliphatic heterocycles. The summed E-state index contributed by atoms with van der Waals surface area (Å²) < 4.78 is 1.80. The molecule has 27 heavy (non-hydrogen) atoms. The molecule has 4 aromatic rings. The normalized spacial score (nSPS) is 12.0. The lowest BCUT2D eigenvalue weighted by molar-refractivity contribution is 0.554. The van der Waals surface area contributed by atoms with Gasteiger partial charge in [-0.05, 0) is 31.4 Å². The maximum absolute atomic E-state index is 4.76. The van der Waals surface area contributed by atoms with Crippen LogP contribution in [0.4, 0.5) is 0 Å². The van der Waals surface area contributed by atoms with Crippen LogP contribution in [0.3, 0.4) is 0 Å². The van der Waals surface area contributed by atoms with Crippen molar-refractivity contribution < 1.29 is 0 Å². The first-order valence-corrected chi connectivity index (χ1v) is 9.42. The van der Waals surface area contributed by atoms with E-state index in [2.05, 4.69) is 93.3 Å². The first-order valence-electron chi connectivity index (χ1n) is 9.42. The van der Waals surface area contributed by atoms with Gasteiger partial charge in [-0.25, -0.2) is 4.98 Å². The van der Waals surface area contributed by atoms with E-state index in [9.17, 15) is 0 Å². The quantitative estimate of drug-likeness (QED) is 0.545. The van der Waals surface area contributed by atoms with Gasteiger partial charge in [-0.15, -0.1) is 5.10 Å². The van der Waals surface area contributed by atoms with E-state index in [0.717, 1.165) is 29.0 Å². The van der Waals surface area contributed by atoms with Crippen LogP contribution in [-0.2, 0) is 11.8 Å². The molecule has 0 spiro atoms. The maximum atomic E-state index is 4.76. The van der Waals surface area contributed by atoms with E-state index in [1.54, 1.807) is 4.63 Å². The Labute approximate surface area is 160 Å². The lowest BCUT2D eigenvalue weighted by Crippen LogP contribution is -2.13. The van der Waals surface area contributed by atoms with Crippen LogP contribution < -0.4 is 0 Å². The number of aromatic amines is 1. The lowest BCUT2D eigenvalue weighted by atomic mass is 9.90. The molecule has 0 fully saturated rings. The van der Waals surface area contributed by atoms with Crippen molar-refractivity contribution in [3.8, 4) is 11.4 Å². The van der Waals surface area contributed by atoms with Crippen molar-refractivity contribution >= 4 is 5.65 Å². The van der Waals surface area contributed by atoms with Crippen LogP contribution in [0.15, 0.2) is 48.5 Å². The summed E-state index contributed by atoms with van der Waals surface area (Å²) in [6.45, 7) is 10.8. The molecule has 4 heteroatoms. The zero-order valence-corrected chi connectivity index (χ0v) is 16.7. The summed E-state index contributed by atoms with van der Waals surface area (Å²) in [6, 6.07) is 17.2. The molecule has 1 N–H and O–H groups in total. The number of hydrogen-bond donors (Lipinski definition) is 1. The highest BCUT2D eigenvalue weighted by Gasteiger charge is 2.22. The predicted octanol–water partition coefficient (Wildman–Crippen LogP) is 5.23. The Kier molecular flexibility index (Phi) is 4.14. The van der Waals surface area contributed by atoms with Crippen LogP contribution in [0.2, 0.25) is 0 Å². The molecule has 2 aromatic carbocycles. The van der Waals surface area contributed by atoms with E-state index in [1.807, 2.05) is 0 Å². The fourth-order valence-corrected chi connectivity index (χ4v) is 3.62. The van der Waals surface area contributed by atoms with Gasteiger partial charge in [-0.1, -0.05) is 74.9 Å². The summed E-state index contributed by atoms with van der Waals surface area (Å²) >= 11 is 0. The maximum Gasteiger partial charge on any atom is 0.183 e. The molecule has 0 bridgehead atoms. The zero-order chi connectivity index (χ0) is 19.2. The van der Waals surface area contributed by atoms with Crippen molar-refractivity contribution in [1.82, 2.24) is 19.8 Å². The van der Waals surface area contributed by atoms with Crippen molar-refractivity contribution in [2.75, 3.05) is 0 Å². The van der Waals surface area contributed by atoms with Crippen LogP contribution >= 0.6 is 0 Å². The fourth-order valence-electron chi connectivity index (χ4n) is 3.62. The molecule has 0 atom stereocenters. The molecule has 0 saturated heterocycles. The molecular formula is C23H26N4. The standard InChI is InChI=1S/C23H26N4/c1-15-7-6-8-18(13-15)14-17-9-11-19(12-10-17)21-24-22-16(2)20(23(3,4)5)25-27(22)26-21/h6-13,25H,14H2,1-5H3. The fraction of sp³-hybridized carbons (Fsp3) is 0.304. The van der Waals surface area contributed by atoms with E-state index in [-0.39, 0.29) is 5.41 Å². The van der Waals surface area contributed by atoms with Gasteiger partial charge in [-0.2, -0.15) is 4.63 Å². The highest BCUT2D eigenvalue weighted by Crippen LogP contribution is 2.27. The zero-order valence-electron chi connectivity index (χ0n) is 16.7. The Bertz CT molecular complexity index is 1090. The topological polar surface area (TPSA) is 46.0 Å². The Balaban J connectivity index is 1.60. The Morgan fingerprint density at radius 1 is 0.963 bits per heavy atom. The van der Waals surface area contributed by atoms with Gasteiger partial charge in [0, 0.05) is 22.2 Å². The van der Waals surface area contributed by atoms with Gasteiger partial charge in [0.05, 0.1) is 0 Å². The molecule has 2 heterocycles. The third-order valence-electron chi connectivity index (χ3n) is 4.99. The summed E-state index contributed by atoms with van der Waals surface area (Å²) in [7, 11) is 0. The number of aromatic nitrogens is 4. The Morgan fingerprint density at radius 3 is 2.33 bits per heavy atom. The molecule has 0 aliphatic carbocycles. The van der Waals surface area contributed by atoms with Crippen molar-refractivity contribution in [3.05, 3.63) is 76.5 Å². The Morgan fingerprint density at radius 2 is 1.70 bits per heavy atom. The van der Waals surface area contributed by atoms with Crippen LogP contribution in [0.1, 0.15) is 48.7 Å². The number of H-pyrrole nitrogens is 1. The number of nitrogens with one attached hydrogen (secondary N) is 1. The van der Waals surface area contributed by atoms with Gasteiger partial charge in [0.15, 0.2) is 11.5 Å². The molecular weight excluding hydrogens is 332 g/mol. The number of rotatable bonds is 3. The lowest BCUT2D eigenvalue weighted by Gasteiger charge is -2.16. The predicted molar refractivity (Wildman–Crippen MR) is 110 cm³/mol. The van der Waals surface area contributed by atoms with Gasteiger partial charge in [0.2, 0.25) is 0 Å². The van der Waals surface area contributed by atoms with Gasteiger partial charge < -0.3 is 0 Å². The van der Waals surface area contributed by atoms with Gasteiger partial charge in [-0.3, -0.25) is 5.10 Å². The minimum atomic E-state index is 0.0457. The average molecular weight is 358 g/mol. The molecule has 0 amide bonds. The van der Waals surface area contributed by atoms with E-state index in [1.165, 1.54) is 22.4 Å². The first-order chi connectivity index (χ1) is 12.8. The van der Waals surface area contributed by atoms with Crippen LogP contribution in [0.5, 0.6) is 0 Å². The second-order valence-electron chi connectivity index (χ2n) is 8.40. The van der Waals surface area contributed by atoms with Crippen molar-refractivity contribution in [2.45, 2.75) is 46.5 Å². The highest BCUT2D eigenvalue weighted by atomic mass is 15.5. The third-order valence-corrected chi connectivity index (χ3v) is 4.99. The van der Waals surface area contributed by atoms with Crippen LogP contribution in [0, 0.1) is 13.8 Å². The summed E-state index contributed by atoms with van der Waals surface area (Å²) in [4.78, 5) is 4.76. The highest BCUT2D eigenvalue weighted by molar-refractivity contribution is 5.61. The molecule has 2 aromatic heterocycles. The molecule has 4 rings (SSSR count). The smallest absolute Gasteiger partial charge is 0.183 e. The van der Waals surface area contributed by atoms with Gasteiger partial charge >= 0.3 is 0 Å².